The molecule has 0 heterocycles. The van der Waals surface area contributed by atoms with Crippen LogP contribution in [0.4, 0.5) is 0 Å². The summed E-state index contributed by atoms with van der Waals surface area (Å²) in [4.78, 5) is 12.0. The Morgan fingerprint density at radius 2 is 2.06 bits per heavy atom. The minimum absolute atomic E-state index is 0.114. The molecular weight excluding hydrogens is 212 g/mol. The number of carbonyl (C=O) groups is 1. The number of hydrogen-bond acceptors (Lipinski definition) is 2. The molecule has 3 N–H and O–H groups in total. The molecule has 0 aromatic heterocycles. The topological polar surface area (TPSA) is 55.1 Å². The Balaban J connectivity index is 2.48. The minimum Gasteiger partial charge on any atom is -0.349 e. The molecule has 17 heavy (non-hydrogen) atoms. The summed E-state index contributed by atoms with van der Waals surface area (Å²) in [5.74, 6) is 1.42. The fourth-order valence-corrected chi connectivity index (χ4v) is 2.50. The van der Waals surface area contributed by atoms with Gasteiger partial charge in [0, 0.05) is 13.0 Å². The standard InChI is InChI=1S/C14H28N2O/c1-4-11(2)9-13(17)16-14(10-15)7-5-12(3)6-8-14/h11-12H,4-10,15H2,1-3H3,(H,16,17). The first-order valence-corrected chi connectivity index (χ1v) is 7.02. The Morgan fingerprint density at radius 1 is 1.47 bits per heavy atom. The van der Waals surface area contributed by atoms with Crippen LogP contribution in [0.2, 0.25) is 0 Å². The molecule has 1 saturated carbocycles. The monoisotopic (exact) mass is 240 g/mol. The molecule has 1 atom stereocenters. The maximum atomic E-state index is 12.0. The van der Waals surface area contributed by atoms with Crippen LogP contribution in [-0.4, -0.2) is 18.0 Å². The molecule has 1 aliphatic carbocycles. The fraction of sp³-hybridized carbons (Fsp3) is 0.929. The summed E-state index contributed by atoms with van der Waals surface area (Å²) in [6, 6.07) is 0. The van der Waals surface area contributed by atoms with E-state index in [0.717, 1.165) is 25.2 Å². The van der Waals surface area contributed by atoms with E-state index in [2.05, 4.69) is 26.1 Å². The second-order valence-electron chi connectivity index (χ2n) is 5.93. The predicted octanol–water partition coefficient (Wildman–Crippen LogP) is 2.45. The van der Waals surface area contributed by atoms with Crippen LogP contribution >= 0.6 is 0 Å². The van der Waals surface area contributed by atoms with E-state index in [4.69, 9.17) is 5.73 Å². The van der Waals surface area contributed by atoms with Gasteiger partial charge in [-0.2, -0.15) is 0 Å². The van der Waals surface area contributed by atoms with Gasteiger partial charge in [0.15, 0.2) is 0 Å². The first-order valence-electron chi connectivity index (χ1n) is 7.02. The van der Waals surface area contributed by atoms with Gasteiger partial charge in [-0.15, -0.1) is 0 Å². The maximum Gasteiger partial charge on any atom is 0.220 e. The van der Waals surface area contributed by atoms with Crippen molar-refractivity contribution in [3.8, 4) is 0 Å². The summed E-state index contributed by atoms with van der Waals surface area (Å²) in [5.41, 5.74) is 5.77. The Labute approximate surface area is 106 Å². The Hall–Kier alpha value is -0.570. The Kier molecular flexibility index (Phi) is 5.44. The highest BCUT2D eigenvalue weighted by atomic mass is 16.1. The van der Waals surface area contributed by atoms with Gasteiger partial charge < -0.3 is 11.1 Å². The van der Waals surface area contributed by atoms with Crippen molar-refractivity contribution in [3.63, 3.8) is 0 Å². The zero-order valence-electron chi connectivity index (χ0n) is 11.6. The average Bonchev–Trinajstić information content (AvgIpc) is 2.32. The molecule has 0 aromatic carbocycles. The first-order chi connectivity index (χ1) is 8.01. The lowest BCUT2D eigenvalue weighted by Crippen LogP contribution is -2.55. The van der Waals surface area contributed by atoms with Crippen molar-refractivity contribution in [3.05, 3.63) is 0 Å². The van der Waals surface area contributed by atoms with Crippen LogP contribution in [0.25, 0.3) is 0 Å². The lowest BCUT2D eigenvalue weighted by molar-refractivity contribution is -0.124. The van der Waals surface area contributed by atoms with E-state index in [1.165, 1.54) is 12.8 Å². The first kappa shape index (κ1) is 14.5. The number of nitrogens with one attached hydrogen (secondary N) is 1. The van der Waals surface area contributed by atoms with Gasteiger partial charge in [0.2, 0.25) is 5.91 Å². The van der Waals surface area contributed by atoms with Crippen LogP contribution in [0.3, 0.4) is 0 Å². The van der Waals surface area contributed by atoms with Crippen molar-refractivity contribution >= 4 is 5.91 Å². The summed E-state index contributed by atoms with van der Waals surface area (Å²) in [5, 5.41) is 3.20. The largest absolute Gasteiger partial charge is 0.349 e. The molecule has 0 aromatic rings. The molecule has 0 saturated heterocycles. The van der Waals surface area contributed by atoms with E-state index < -0.39 is 0 Å². The fourth-order valence-electron chi connectivity index (χ4n) is 2.50. The van der Waals surface area contributed by atoms with E-state index >= 15 is 0 Å². The smallest absolute Gasteiger partial charge is 0.220 e. The highest BCUT2D eigenvalue weighted by molar-refractivity contribution is 5.77. The summed E-state index contributed by atoms with van der Waals surface area (Å²) >= 11 is 0. The summed E-state index contributed by atoms with van der Waals surface area (Å²) < 4.78 is 0. The van der Waals surface area contributed by atoms with Gasteiger partial charge in [-0.25, -0.2) is 0 Å². The molecule has 1 aliphatic rings. The Bertz CT molecular complexity index is 245. The molecule has 0 radical (unpaired) electrons. The summed E-state index contributed by atoms with van der Waals surface area (Å²) in [6.07, 6.45) is 6.13. The van der Waals surface area contributed by atoms with E-state index in [9.17, 15) is 4.79 Å². The highest BCUT2D eigenvalue weighted by Crippen LogP contribution is 2.31. The summed E-state index contributed by atoms with van der Waals surface area (Å²) in [6.45, 7) is 7.10. The van der Waals surface area contributed by atoms with Gasteiger partial charge in [-0.1, -0.05) is 27.2 Å². The van der Waals surface area contributed by atoms with Gasteiger partial charge in [0.1, 0.15) is 0 Å². The van der Waals surface area contributed by atoms with Crippen molar-refractivity contribution in [1.29, 1.82) is 0 Å². The lowest BCUT2D eigenvalue weighted by atomic mass is 9.77. The van der Waals surface area contributed by atoms with Crippen LogP contribution in [-0.2, 0) is 4.79 Å². The number of nitrogens with two attached hydrogens (primary N) is 1. The molecule has 1 rings (SSSR count). The third kappa shape index (κ3) is 4.30. The van der Waals surface area contributed by atoms with E-state index in [1.807, 2.05) is 0 Å². The second-order valence-corrected chi connectivity index (χ2v) is 5.93. The van der Waals surface area contributed by atoms with Gasteiger partial charge in [-0.05, 0) is 37.5 Å². The molecule has 1 amide bonds. The molecule has 3 nitrogen and oxygen atoms in total. The van der Waals surface area contributed by atoms with Crippen LogP contribution < -0.4 is 11.1 Å². The molecule has 3 heteroatoms. The number of rotatable bonds is 5. The average molecular weight is 240 g/mol. The van der Waals surface area contributed by atoms with Gasteiger partial charge in [0.25, 0.3) is 0 Å². The van der Waals surface area contributed by atoms with E-state index in [0.29, 0.717) is 18.9 Å². The van der Waals surface area contributed by atoms with Crippen LogP contribution in [0.15, 0.2) is 0 Å². The molecule has 0 bridgehead atoms. The number of carbonyl (C=O) groups excluding carboxylic acids is 1. The SMILES string of the molecule is CCC(C)CC(=O)NC1(CN)CCC(C)CC1. The van der Waals surface area contributed by atoms with Gasteiger partial charge in [-0.3, -0.25) is 4.79 Å². The molecule has 1 unspecified atom stereocenters. The highest BCUT2D eigenvalue weighted by Gasteiger charge is 2.34. The van der Waals surface area contributed by atoms with Crippen LogP contribution in [0.1, 0.15) is 59.3 Å². The third-order valence-corrected chi connectivity index (χ3v) is 4.26. The van der Waals surface area contributed by atoms with Crippen LogP contribution in [0.5, 0.6) is 0 Å². The normalized spacial score (nSPS) is 30.9. The van der Waals surface area contributed by atoms with Crippen molar-refractivity contribution < 1.29 is 4.79 Å². The minimum atomic E-state index is -0.114. The zero-order chi connectivity index (χ0) is 12.9. The molecule has 0 spiro atoms. The maximum absolute atomic E-state index is 12.0. The van der Waals surface area contributed by atoms with Gasteiger partial charge in [0.05, 0.1) is 5.54 Å². The molecule has 0 aliphatic heterocycles. The lowest BCUT2D eigenvalue weighted by Gasteiger charge is -2.39. The number of amides is 1. The predicted molar refractivity (Wildman–Crippen MR) is 71.6 cm³/mol. The molecular formula is C14H28N2O. The molecule has 1 fully saturated rings. The van der Waals surface area contributed by atoms with Gasteiger partial charge >= 0.3 is 0 Å². The third-order valence-electron chi connectivity index (χ3n) is 4.26. The van der Waals surface area contributed by atoms with E-state index in [-0.39, 0.29) is 11.4 Å². The van der Waals surface area contributed by atoms with Crippen molar-refractivity contribution in [2.24, 2.45) is 17.6 Å². The van der Waals surface area contributed by atoms with Crippen molar-refractivity contribution in [2.75, 3.05) is 6.54 Å². The number of hydrogen-bond donors (Lipinski definition) is 2. The Morgan fingerprint density at radius 3 is 2.53 bits per heavy atom. The summed E-state index contributed by atoms with van der Waals surface area (Å²) in [7, 11) is 0. The van der Waals surface area contributed by atoms with E-state index in [1.54, 1.807) is 0 Å². The second kappa shape index (κ2) is 6.39. The van der Waals surface area contributed by atoms with Crippen molar-refractivity contribution in [2.45, 2.75) is 64.8 Å². The van der Waals surface area contributed by atoms with Crippen molar-refractivity contribution in [1.82, 2.24) is 5.32 Å². The van der Waals surface area contributed by atoms with Crippen LogP contribution in [0, 0.1) is 11.8 Å². The zero-order valence-corrected chi connectivity index (χ0v) is 11.6. The molecule has 100 valence electrons. The quantitative estimate of drug-likeness (QED) is 0.775.